The van der Waals surface area contributed by atoms with Crippen molar-refractivity contribution in [2.24, 2.45) is 11.1 Å². The summed E-state index contributed by atoms with van der Waals surface area (Å²) in [6, 6.07) is 16.0. The summed E-state index contributed by atoms with van der Waals surface area (Å²) >= 11 is 0. The molecule has 5 amide bonds. The van der Waals surface area contributed by atoms with Crippen LogP contribution in [0.4, 0.5) is 14.5 Å². The molecule has 1 aliphatic heterocycles. The number of hydrogen-bond acceptors (Lipinski definition) is 8. The molecule has 0 saturated carbocycles. The van der Waals surface area contributed by atoms with E-state index < -0.39 is 83.8 Å². The van der Waals surface area contributed by atoms with Gasteiger partial charge in [-0.15, -0.1) is 0 Å². The Bertz CT molecular complexity index is 2220. The molecule has 4 aromatic rings. The number of carbonyl (C=O) groups is 6. The number of carbonyl (C=O) groups excluding carboxylic acids is 5. The first kappa shape index (κ1) is 42.6. The number of imide groups is 1. The fourth-order valence-corrected chi connectivity index (χ4v) is 6.78. The minimum Gasteiger partial charge on any atom is -0.480 e. The summed E-state index contributed by atoms with van der Waals surface area (Å²) in [7, 11) is 0. The number of hydrogen-bond donors (Lipinski definition) is 5. The lowest BCUT2D eigenvalue weighted by Crippen LogP contribution is -2.54. The number of nitrogens with one attached hydrogen (secondary N) is 2. The number of aliphatic hydroxyl groups excluding tert-OH is 1. The maximum absolute atomic E-state index is 15.1. The molecule has 0 aliphatic carbocycles. The summed E-state index contributed by atoms with van der Waals surface area (Å²) in [6.45, 7) is 4.15. The zero-order valence-corrected chi connectivity index (χ0v) is 32.0. The van der Waals surface area contributed by atoms with Crippen LogP contribution in [-0.2, 0) is 30.5 Å². The maximum atomic E-state index is 15.1. The molecule has 6 N–H and O–H groups in total. The van der Waals surface area contributed by atoms with Crippen LogP contribution >= 0.6 is 0 Å². The lowest BCUT2D eigenvalue weighted by molar-refractivity contribution is -0.142. The molecule has 304 valence electrons. The molecular formula is C42H44F2N6O8. The average Bonchev–Trinajstić information content (AvgIpc) is 3.75. The molecule has 2 heterocycles. The zero-order chi connectivity index (χ0) is 42.3. The van der Waals surface area contributed by atoms with Crippen LogP contribution in [0.2, 0.25) is 0 Å². The normalized spacial score (nSPS) is 14.2. The quantitative estimate of drug-likeness (QED) is 0.105. The third-order valence-electron chi connectivity index (χ3n) is 9.53. The number of rotatable bonds is 16. The zero-order valence-electron chi connectivity index (χ0n) is 32.0. The van der Waals surface area contributed by atoms with E-state index in [9.17, 15) is 43.4 Å². The fourth-order valence-electron chi connectivity index (χ4n) is 6.78. The summed E-state index contributed by atoms with van der Waals surface area (Å²) in [5.41, 5.74) is 7.14. The smallest absolute Gasteiger partial charge is 0.328 e. The molecule has 0 saturated heterocycles. The molecule has 58 heavy (non-hydrogen) atoms. The van der Waals surface area contributed by atoms with E-state index in [2.05, 4.69) is 10.6 Å². The first-order valence-corrected chi connectivity index (χ1v) is 18.3. The largest absolute Gasteiger partial charge is 0.480 e. The molecule has 0 unspecified atom stereocenters. The number of para-hydroxylation sites is 1. The van der Waals surface area contributed by atoms with Gasteiger partial charge in [0.15, 0.2) is 0 Å². The molecule has 5 rings (SSSR count). The van der Waals surface area contributed by atoms with E-state index in [-0.39, 0.29) is 36.3 Å². The topological polar surface area (TPSA) is 204 Å². The predicted molar refractivity (Wildman–Crippen MR) is 209 cm³/mol. The number of aliphatic carboxylic acids is 1. The van der Waals surface area contributed by atoms with Gasteiger partial charge < -0.3 is 36.0 Å². The Morgan fingerprint density at radius 1 is 0.914 bits per heavy atom. The average molecular weight is 799 g/mol. The van der Waals surface area contributed by atoms with E-state index in [0.29, 0.717) is 11.3 Å². The summed E-state index contributed by atoms with van der Waals surface area (Å²) in [5.74, 6) is -6.57. The highest BCUT2D eigenvalue weighted by Gasteiger charge is 2.38. The Hall–Kier alpha value is -6.52. The molecule has 16 heteroatoms. The molecule has 0 bridgehead atoms. The van der Waals surface area contributed by atoms with Gasteiger partial charge in [-0.3, -0.25) is 24.0 Å². The minimum atomic E-state index is -1.66. The van der Waals surface area contributed by atoms with Gasteiger partial charge in [0.1, 0.15) is 24.3 Å². The van der Waals surface area contributed by atoms with Crippen molar-refractivity contribution in [3.63, 3.8) is 0 Å². The predicted octanol–water partition coefficient (Wildman–Crippen LogP) is 3.54. The van der Waals surface area contributed by atoms with E-state index >= 15 is 4.39 Å². The van der Waals surface area contributed by atoms with Crippen molar-refractivity contribution >= 4 is 41.2 Å². The number of nitrogens with zero attached hydrogens (tertiary/aromatic N) is 3. The molecule has 1 aromatic heterocycles. The van der Waals surface area contributed by atoms with E-state index in [1.165, 1.54) is 29.2 Å². The lowest BCUT2D eigenvalue weighted by Gasteiger charge is -2.41. The standard InChI is InChI=1S/C42H44F2N6O8/c1-42(2,3)38(34-19-26(29-20-27(43)13-14-30(29)44)23-48(34)22-25-9-5-4-6-10-25)49(37(54)24-51)18-17-31(45)40(56)47-32(41(57)58)21-46-39(55)28-11-7-8-12-33(28)50-35(52)15-16-36(50)53/h4-16,19-20,23,31-32,38,51H,17-18,21-22,24,45H2,1-3H3,(H,46,55)(H,47,56)(H,57,58)/t31-,32+,38-/m0/s1. The van der Waals surface area contributed by atoms with E-state index in [4.69, 9.17) is 5.73 Å². The first-order valence-electron chi connectivity index (χ1n) is 18.3. The van der Waals surface area contributed by atoms with Crippen LogP contribution in [0.3, 0.4) is 0 Å². The summed E-state index contributed by atoms with van der Waals surface area (Å²) in [5, 5.41) is 24.7. The van der Waals surface area contributed by atoms with Gasteiger partial charge in [-0.25, -0.2) is 18.5 Å². The second kappa shape index (κ2) is 18.2. The van der Waals surface area contributed by atoms with Crippen molar-refractivity contribution < 1.29 is 47.8 Å². The van der Waals surface area contributed by atoms with Crippen molar-refractivity contribution in [2.45, 2.75) is 51.9 Å². The Morgan fingerprint density at radius 2 is 1.57 bits per heavy atom. The SMILES string of the molecule is CC(C)(C)[C@H](c1cc(-c2cc(F)ccc2F)cn1Cc1ccccc1)N(CC[C@H](N)C(=O)N[C@H](CNC(=O)c1ccccc1N1C(=O)C=CC1=O)C(=O)O)C(=O)CO. The van der Waals surface area contributed by atoms with Crippen LogP contribution in [0.15, 0.2) is 97.2 Å². The molecule has 0 spiro atoms. The second-order valence-electron chi connectivity index (χ2n) is 14.8. The maximum Gasteiger partial charge on any atom is 0.328 e. The van der Waals surface area contributed by atoms with Crippen molar-refractivity contribution in [1.29, 1.82) is 0 Å². The highest BCUT2D eigenvalue weighted by Crippen LogP contribution is 2.41. The monoisotopic (exact) mass is 798 g/mol. The van der Waals surface area contributed by atoms with Crippen LogP contribution in [0.25, 0.3) is 11.1 Å². The summed E-state index contributed by atoms with van der Waals surface area (Å²) in [6.07, 6.45) is 3.56. The van der Waals surface area contributed by atoms with E-state index in [0.717, 1.165) is 40.8 Å². The Balaban J connectivity index is 1.35. The van der Waals surface area contributed by atoms with Gasteiger partial charge in [-0.1, -0.05) is 63.2 Å². The Morgan fingerprint density at radius 3 is 2.21 bits per heavy atom. The molecule has 1 aliphatic rings. The lowest BCUT2D eigenvalue weighted by atomic mass is 9.82. The Labute approximate surface area is 332 Å². The highest BCUT2D eigenvalue weighted by atomic mass is 19.1. The van der Waals surface area contributed by atoms with Crippen LogP contribution in [-0.4, -0.2) is 87.0 Å². The number of aliphatic hydroxyl groups is 1. The van der Waals surface area contributed by atoms with Crippen LogP contribution < -0.4 is 21.3 Å². The Kier molecular flexibility index (Phi) is 13.3. The van der Waals surface area contributed by atoms with Crippen molar-refractivity contribution in [3.05, 3.63) is 126 Å². The number of nitrogens with two attached hydrogens (primary N) is 1. The number of halogens is 2. The second-order valence-corrected chi connectivity index (χ2v) is 14.8. The van der Waals surface area contributed by atoms with Gasteiger partial charge >= 0.3 is 5.97 Å². The molecule has 3 atom stereocenters. The van der Waals surface area contributed by atoms with Gasteiger partial charge in [-0.2, -0.15) is 0 Å². The number of anilines is 1. The number of amides is 5. The molecule has 0 radical (unpaired) electrons. The van der Waals surface area contributed by atoms with Crippen LogP contribution in [0, 0.1) is 17.0 Å². The molecule has 14 nitrogen and oxygen atoms in total. The summed E-state index contributed by atoms with van der Waals surface area (Å²) in [4.78, 5) is 78.8. The van der Waals surface area contributed by atoms with Gasteiger partial charge in [0, 0.05) is 54.8 Å². The van der Waals surface area contributed by atoms with Crippen molar-refractivity contribution in [3.8, 4) is 11.1 Å². The van der Waals surface area contributed by atoms with Crippen molar-refractivity contribution in [1.82, 2.24) is 20.1 Å². The molecule has 3 aromatic carbocycles. The highest BCUT2D eigenvalue weighted by molar-refractivity contribution is 6.29. The number of carboxylic acids is 1. The van der Waals surface area contributed by atoms with Crippen LogP contribution in [0.5, 0.6) is 0 Å². The van der Waals surface area contributed by atoms with Gasteiger partial charge in [0.05, 0.1) is 23.3 Å². The molecular weight excluding hydrogens is 754 g/mol. The molecule has 0 fully saturated rings. The third-order valence-corrected chi connectivity index (χ3v) is 9.53. The summed E-state index contributed by atoms with van der Waals surface area (Å²) < 4.78 is 31.2. The van der Waals surface area contributed by atoms with Gasteiger partial charge in [-0.05, 0) is 53.8 Å². The number of carboxylic acid groups (broad SMARTS) is 1. The van der Waals surface area contributed by atoms with Crippen molar-refractivity contribution in [2.75, 3.05) is 24.6 Å². The van der Waals surface area contributed by atoms with E-state index in [1.807, 2.05) is 55.7 Å². The fraction of sp³-hybridized carbons (Fsp3) is 0.286. The number of aromatic nitrogens is 1. The first-order chi connectivity index (χ1) is 27.5. The third kappa shape index (κ3) is 9.88. The van der Waals surface area contributed by atoms with Gasteiger partial charge in [0.25, 0.3) is 17.7 Å². The number of benzene rings is 3. The van der Waals surface area contributed by atoms with Crippen LogP contribution in [0.1, 0.15) is 54.8 Å². The van der Waals surface area contributed by atoms with Gasteiger partial charge in [0.2, 0.25) is 11.8 Å². The minimum absolute atomic E-state index is 0.00178. The van der Waals surface area contributed by atoms with E-state index in [1.54, 1.807) is 12.3 Å².